The summed E-state index contributed by atoms with van der Waals surface area (Å²) >= 11 is 0. The Balaban J connectivity index is 1.49. The van der Waals surface area contributed by atoms with E-state index in [1.165, 1.54) is 6.07 Å². The molecule has 0 amide bonds. The minimum atomic E-state index is -3.01. The lowest BCUT2D eigenvalue weighted by Gasteiger charge is -2.53. The van der Waals surface area contributed by atoms with Crippen molar-refractivity contribution in [2.75, 3.05) is 30.8 Å². The lowest BCUT2D eigenvalue weighted by molar-refractivity contribution is -0.0519. The number of nitrogens with one attached hydrogen (secondary N) is 2. The highest BCUT2D eigenvalue weighted by molar-refractivity contribution is 5.60. The van der Waals surface area contributed by atoms with Crippen molar-refractivity contribution in [2.45, 2.75) is 96.7 Å². The van der Waals surface area contributed by atoms with Gasteiger partial charge in [0.15, 0.2) is 23.1 Å². The van der Waals surface area contributed by atoms with E-state index < -0.39 is 12.4 Å². The average molecular weight is 551 g/mol. The molecule has 0 spiro atoms. The molecule has 2 saturated heterocycles. The molecule has 4 rings (SSSR count). The Hall–Kier alpha value is -2.79. The second kappa shape index (κ2) is 11.4. The number of rotatable bonds is 9. The molecule has 2 fully saturated rings. The van der Waals surface area contributed by atoms with Gasteiger partial charge in [0.25, 0.3) is 0 Å². The van der Waals surface area contributed by atoms with Crippen molar-refractivity contribution in [3.63, 3.8) is 0 Å². The summed E-state index contributed by atoms with van der Waals surface area (Å²) in [6.45, 7) is 11.5. The van der Waals surface area contributed by atoms with E-state index in [9.17, 15) is 13.2 Å². The van der Waals surface area contributed by atoms with Gasteiger partial charge in [-0.2, -0.15) is 13.8 Å². The molecule has 1 aromatic heterocycles. The van der Waals surface area contributed by atoms with Crippen LogP contribution in [0.2, 0.25) is 0 Å². The molecule has 3 heterocycles. The highest BCUT2D eigenvalue weighted by atomic mass is 19.3. The topological polar surface area (TPSA) is 74.8 Å². The van der Waals surface area contributed by atoms with Gasteiger partial charge in [-0.25, -0.2) is 9.37 Å². The van der Waals surface area contributed by atoms with Crippen molar-refractivity contribution in [1.82, 2.24) is 19.8 Å². The third kappa shape index (κ3) is 7.05. The number of ether oxygens (including phenoxy) is 2. The first-order valence-electron chi connectivity index (χ1n) is 13.5. The molecule has 39 heavy (non-hydrogen) atoms. The summed E-state index contributed by atoms with van der Waals surface area (Å²) in [5.41, 5.74) is 0.244. The number of hydrogen-bond acceptors (Lipinski definition) is 8. The van der Waals surface area contributed by atoms with Gasteiger partial charge in [0, 0.05) is 48.0 Å². The molecule has 0 aliphatic carbocycles. The van der Waals surface area contributed by atoms with Gasteiger partial charge in [0.2, 0.25) is 5.95 Å². The SMILES string of the molecule is CC(C)N1CCC(Oc2ccc(Nc3ncc(F)c(NC4CC(C)(C)N(C)C(C)(C)C4)n3)cc2OC(F)F)C1. The Morgan fingerprint density at radius 2 is 1.77 bits per heavy atom. The van der Waals surface area contributed by atoms with E-state index in [1.807, 2.05) is 0 Å². The standard InChI is InChI=1S/C28H41F3N6O2/c1-17(2)37-11-10-20(16-37)38-22-9-8-18(12-23(22)39-25(30)31)34-26-32-15-21(29)24(35-26)33-19-13-27(3,4)36(7)28(5,6)14-19/h8-9,12,15,17,19-20,25H,10-11,13-14,16H2,1-7H3,(H2,32,33,34,35). The average Bonchev–Trinajstić information content (AvgIpc) is 3.30. The first kappa shape index (κ1) is 29.2. The second-order valence-electron chi connectivity index (χ2n) is 12.1. The lowest BCUT2D eigenvalue weighted by Crippen LogP contribution is -2.61. The van der Waals surface area contributed by atoms with Crippen LogP contribution in [0.4, 0.5) is 30.6 Å². The van der Waals surface area contributed by atoms with Crippen LogP contribution < -0.4 is 20.1 Å². The Bertz CT molecular complexity index is 1130. The second-order valence-corrected chi connectivity index (χ2v) is 12.1. The van der Waals surface area contributed by atoms with Gasteiger partial charge in [0.05, 0.1) is 6.20 Å². The van der Waals surface area contributed by atoms with Crippen LogP contribution in [0.25, 0.3) is 0 Å². The van der Waals surface area contributed by atoms with Crippen molar-refractivity contribution >= 4 is 17.5 Å². The number of piperidine rings is 1. The number of benzene rings is 1. The van der Waals surface area contributed by atoms with E-state index in [4.69, 9.17) is 9.47 Å². The summed E-state index contributed by atoms with van der Waals surface area (Å²) in [6.07, 6.45) is 3.40. The van der Waals surface area contributed by atoms with Gasteiger partial charge in [-0.3, -0.25) is 9.80 Å². The van der Waals surface area contributed by atoms with Gasteiger partial charge < -0.3 is 20.1 Å². The van der Waals surface area contributed by atoms with Crippen LogP contribution in [0, 0.1) is 5.82 Å². The monoisotopic (exact) mass is 550 g/mol. The Kier molecular flexibility index (Phi) is 8.51. The fourth-order valence-corrected chi connectivity index (χ4v) is 5.69. The molecule has 0 bridgehead atoms. The predicted molar refractivity (Wildman–Crippen MR) is 147 cm³/mol. The zero-order valence-electron chi connectivity index (χ0n) is 23.9. The third-order valence-electron chi connectivity index (χ3n) is 8.01. The number of halogens is 3. The number of nitrogens with zero attached hydrogens (tertiary/aromatic N) is 4. The van der Waals surface area contributed by atoms with E-state index in [2.05, 4.69) is 79.0 Å². The van der Waals surface area contributed by atoms with E-state index in [-0.39, 0.29) is 46.5 Å². The number of alkyl halides is 2. The number of likely N-dealkylation sites (tertiary alicyclic amines) is 2. The molecule has 2 aromatic rings. The Morgan fingerprint density at radius 1 is 1.08 bits per heavy atom. The van der Waals surface area contributed by atoms with E-state index >= 15 is 0 Å². The maximum absolute atomic E-state index is 14.7. The summed E-state index contributed by atoms with van der Waals surface area (Å²) in [7, 11) is 2.11. The molecular formula is C28H41F3N6O2. The Morgan fingerprint density at radius 3 is 2.38 bits per heavy atom. The van der Waals surface area contributed by atoms with Gasteiger partial charge in [0.1, 0.15) is 6.10 Å². The van der Waals surface area contributed by atoms with Crippen LogP contribution in [0.5, 0.6) is 11.5 Å². The fourth-order valence-electron chi connectivity index (χ4n) is 5.69. The molecule has 1 unspecified atom stereocenters. The van der Waals surface area contributed by atoms with Crippen molar-refractivity contribution in [1.29, 1.82) is 0 Å². The molecule has 2 N–H and O–H groups in total. The van der Waals surface area contributed by atoms with Crippen molar-refractivity contribution in [3.8, 4) is 11.5 Å². The summed E-state index contributed by atoms with van der Waals surface area (Å²) in [5, 5.41) is 6.24. The van der Waals surface area contributed by atoms with Crippen LogP contribution in [0.1, 0.15) is 60.8 Å². The lowest BCUT2D eigenvalue weighted by atomic mass is 9.77. The van der Waals surface area contributed by atoms with Gasteiger partial charge in [-0.15, -0.1) is 0 Å². The molecule has 0 radical (unpaired) electrons. The zero-order valence-corrected chi connectivity index (χ0v) is 23.9. The molecule has 2 aliphatic heterocycles. The van der Waals surface area contributed by atoms with Crippen LogP contribution >= 0.6 is 0 Å². The molecule has 1 atom stereocenters. The Labute approximate surface area is 229 Å². The molecule has 0 saturated carbocycles. The number of hydrogen-bond donors (Lipinski definition) is 2. The third-order valence-corrected chi connectivity index (χ3v) is 8.01. The van der Waals surface area contributed by atoms with E-state index in [0.29, 0.717) is 11.7 Å². The summed E-state index contributed by atoms with van der Waals surface area (Å²) < 4.78 is 51.9. The van der Waals surface area contributed by atoms with Crippen molar-refractivity contribution in [2.24, 2.45) is 0 Å². The van der Waals surface area contributed by atoms with Crippen molar-refractivity contribution in [3.05, 3.63) is 30.2 Å². The van der Waals surface area contributed by atoms with Gasteiger partial charge >= 0.3 is 6.61 Å². The molecule has 1 aromatic carbocycles. The molecule has 2 aliphatic rings. The highest BCUT2D eigenvalue weighted by Gasteiger charge is 2.43. The summed E-state index contributed by atoms with van der Waals surface area (Å²) in [4.78, 5) is 13.0. The van der Waals surface area contributed by atoms with Crippen molar-refractivity contribution < 1.29 is 22.6 Å². The van der Waals surface area contributed by atoms with E-state index in [0.717, 1.165) is 38.5 Å². The molecular weight excluding hydrogens is 509 g/mol. The molecule has 11 heteroatoms. The maximum atomic E-state index is 14.7. The van der Waals surface area contributed by atoms with Crippen LogP contribution in [-0.4, -0.2) is 75.8 Å². The first-order valence-corrected chi connectivity index (χ1v) is 13.5. The fraction of sp³-hybridized carbons (Fsp3) is 0.643. The smallest absolute Gasteiger partial charge is 0.387 e. The molecule has 216 valence electrons. The maximum Gasteiger partial charge on any atom is 0.387 e. The van der Waals surface area contributed by atoms with E-state index in [1.54, 1.807) is 12.1 Å². The minimum absolute atomic E-state index is 0.00753. The predicted octanol–water partition coefficient (Wildman–Crippen LogP) is 5.89. The van der Waals surface area contributed by atoms with Gasteiger partial charge in [-0.1, -0.05) is 0 Å². The van der Waals surface area contributed by atoms with Crippen LogP contribution in [0.15, 0.2) is 24.4 Å². The number of aromatic nitrogens is 2. The van der Waals surface area contributed by atoms with Crippen LogP contribution in [-0.2, 0) is 0 Å². The summed E-state index contributed by atoms with van der Waals surface area (Å²) in [6, 6.07) is 5.06. The number of anilines is 3. The molecule has 8 nitrogen and oxygen atoms in total. The van der Waals surface area contributed by atoms with Crippen LogP contribution in [0.3, 0.4) is 0 Å². The minimum Gasteiger partial charge on any atom is -0.485 e. The highest BCUT2D eigenvalue weighted by Crippen LogP contribution is 2.38. The zero-order chi connectivity index (χ0) is 28.5. The first-order chi connectivity index (χ1) is 18.2. The van der Waals surface area contributed by atoms with Gasteiger partial charge in [-0.05, 0) is 80.0 Å². The quantitative estimate of drug-likeness (QED) is 0.401. The normalized spacial score (nSPS) is 21.9. The summed E-state index contributed by atoms with van der Waals surface area (Å²) in [5.74, 6) is -0.188. The largest absolute Gasteiger partial charge is 0.485 e.